The molecule has 2 aromatic rings. The average molecular weight is 343 g/mol. The van der Waals surface area contributed by atoms with Gasteiger partial charge in [0.05, 0.1) is 21.1 Å². The van der Waals surface area contributed by atoms with E-state index in [9.17, 15) is 9.32 Å². The summed E-state index contributed by atoms with van der Waals surface area (Å²) in [6, 6.07) is 18.5. The molecule has 0 amide bonds. The Morgan fingerprint density at radius 2 is 1.50 bits per heavy atom. The van der Waals surface area contributed by atoms with E-state index in [2.05, 4.69) is 18.2 Å². The molecule has 1 N–H and O–H groups in total. The van der Waals surface area contributed by atoms with Gasteiger partial charge in [0.25, 0.3) is 0 Å². The van der Waals surface area contributed by atoms with Crippen molar-refractivity contribution in [3.8, 4) is 0 Å². The maximum Gasteiger partial charge on any atom is 0.0980 e. The zero-order chi connectivity index (χ0) is 17.6. The lowest BCUT2D eigenvalue weighted by molar-refractivity contribution is 0.184. The number of rotatable bonds is 6. The van der Waals surface area contributed by atoms with Crippen LogP contribution in [0.2, 0.25) is 0 Å². The Morgan fingerprint density at radius 1 is 0.958 bits per heavy atom. The lowest BCUT2D eigenvalue weighted by atomic mass is 10.0. The van der Waals surface area contributed by atoms with Crippen LogP contribution in [0.5, 0.6) is 0 Å². The molecule has 24 heavy (non-hydrogen) atoms. The van der Waals surface area contributed by atoms with E-state index in [1.807, 2.05) is 72.8 Å². The van der Waals surface area contributed by atoms with Crippen LogP contribution in [0.4, 0.5) is 0 Å². The summed E-state index contributed by atoms with van der Waals surface area (Å²) in [6.07, 6.45) is 2.94. The average Bonchev–Trinajstić information content (AvgIpc) is 2.62. The Bertz CT molecular complexity index is 776. The quantitative estimate of drug-likeness (QED) is 0.787. The molecule has 4 heteroatoms. The number of hydrogen-bond acceptors (Lipinski definition) is 3. The number of benzene rings is 2. The van der Waals surface area contributed by atoms with E-state index in [1.165, 1.54) is 0 Å². The van der Waals surface area contributed by atoms with Crippen LogP contribution in [0.25, 0.3) is 0 Å². The molecule has 0 radical (unpaired) electrons. The van der Waals surface area contributed by atoms with Crippen LogP contribution >= 0.6 is 0 Å². The third-order valence-electron chi connectivity index (χ3n) is 3.86. The smallest absolute Gasteiger partial charge is 0.0980 e. The molecule has 0 saturated carbocycles. The van der Waals surface area contributed by atoms with Crippen molar-refractivity contribution in [2.45, 2.75) is 30.1 Å². The number of aliphatic hydroxyl groups excluding tert-OH is 1. The fourth-order valence-electron chi connectivity index (χ4n) is 2.56. The van der Waals surface area contributed by atoms with Crippen LogP contribution in [0.15, 0.2) is 82.1 Å². The summed E-state index contributed by atoms with van der Waals surface area (Å²) in [5, 5.41) is 10.3. The van der Waals surface area contributed by atoms with Crippen molar-refractivity contribution in [1.82, 2.24) is 0 Å². The number of allylic oxidation sites excluding steroid dienone is 1. The molecule has 128 valence electrons. The van der Waals surface area contributed by atoms with Gasteiger partial charge < -0.3 is 5.11 Å². The van der Waals surface area contributed by atoms with E-state index >= 15 is 0 Å². The highest BCUT2D eigenvalue weighted by molar-refractivity contribution is 7.94. The molecular formula is C20H25NO2S. The minimum absolute atomic E-state index is 0.298. The van der Waals surface area contributed by atoms with Gasteiger partial charge in [0.15, 0.2) is 0 Å². The minimum Gasteiger partial charge on any atom is -0.387 e. The third-order valence-corrected chi connectivity index (χ3v) is 6.50. The molecule has 0 aliphatic heterocycles. The SMILES string of the molecule is CN=S(=O)(c1ccccc1)[C@H](/C=C\C(C)C)[C@H](O)c1ccccc1. The predicted octanol–water partition coefficient (Wildman–Crippen LogP) is 4.46. The van der Waals surface area contributed by atoms with Crippen LogP contribution < -0.4 is 0 Å². The molecule has 0 bridgehead atoms. The molecule has 0 spiro atoms. The van der Waals surface area contributed by atoms with Crippen LogP contribution in [-0.2, 0) is 9.73 Å². The summed E-state index contributed by atoms with van der Waals surface area (Å²) in [6.45, 7) is 4.10. The van der Waals surface area contributed by atoms with Crippen LogP contribution in [0.3, 0.4) is 0 Å². The molecule has 0 aliphatic rings. The van der Waals surface area contributed by atoms with Gasteiger partial charge in [-0.05, 0) is 23.6 Å². The van der Waals surface area contributed by atoms with Gasteiger partial charge >= 0.3 is 0 Å². The number of aliphatic hydroxyl groups is 1. The summed E-state index contributed by atoms with van der Waals surface area (Å²) < 4.78 is 17.9. The lowest BCUT2D eigenvalue weighted by Gasteiger charge is -2.24. The topological polar surface area (TPSA) is 49.7 Å². The normalized spacial score (nSPS) is 16.7. The van der Waals surface area contributed by atoms with Crippen molar-refractivity contribution in [2.75, 3.05) is 7.05 Å². The lowest BCUT2D eigenvalue weighted by Crippen LogP contribution is -2.27. The first-order valence-electron chi connectivity index (χ1n) is 8.09. The first-order valence-corrected chi connectivity index (χ1v) is 9.67. The molecule has 1 unspecified atom stereocenters. The van der Waals surface area contributed by atoms with E-state index in [1.54, 1.807) is 7.05 Å². The monoisotopic (exact) mass is 343 g/mol. The number of hydrogen-bond donors (Lipinski definition) is 1. The first-order chi connectivity index (χ1) is 11.5. The van der Waals surface area contributed by atoms with Crippen LogP contribution in [0, 0.1) is 5.92 Å². The van der Waals surface area contributed by atoms with Crippen molar-refractivity contribution in [1.29, 1.82) is 0 Å². The van der Waals surface area contributed by atoms with Crippen molar-refractivity contribution >= 4 is 9.73 Å². The fraction of sp³-hybridized carbons (Fsp3) is 0.300. The van der Waals surface area contributed by atoms with E-state index in [0.717, 1.165) is 5.56 Å². The second-order valence-electron chi connectivity index (χ2n) is 6.01. The Hall–Kier alpha value is -1.91. The van der Waals surface area contributed by atoms with Gasteiger partial charge in [0, 0.05) is 11.9 Å². The molecule has 0 aromatic heterocycles. The highest BCUT2D eigenvalue weighted by atomic mass is 32.2. The molecule has 0 heterocycles. The predicted molar refractivity (Wildman–Crippen MR) is 100 cm³/mol. The largest absolute Gasteiger partial charge is 0.387 e. The summed E-state index contributed by atoms with van der Waals surface area (Å²) in [4.78, 5) is 0.640. The summed E-state index contributed by atoms with van der Waals surface area (Å²) in [5.74, 6) is 0.298. The van der Waals surface area contributed by atoms with E-state index < -0.39 is 21.1 Å². The Morgan fingerprint density at radius 3 is 2.00 bits per heavy atom. The molecule has 0 aliphatic carbocycles. The standard InChI is InChI=1S/C20H25NO2S/c1-16(2)14-15-19(20(22)17-10-6-4-7-11-17)24(23,21-3)18-12-8-5-9-13-18/h4-16,19-20,22H,1-3H3/b15-14-/t19-,20-,24?/m1/s1. The van der Waals surface area contributed by atoms with Crippen LogP contribution in [-0.4, -0.2) is 21.6 Å². The summed E-state index contributed by atoms with van der Waals surface area (Å²) in [5.41, 5.74) is 0.739. The maximum atomic E-state index is 13.7. The maximum absolute atomic E-state index is 13.7. The minimum atomic E-state index is -2.80. The van der Waals surface area contributed by atoms with Crippen molar-refractivity contribution in [3.63, 3.8) is 0 Å². The Balaban J connectivity index is 2.55. The molecular weight excluding hydrogens is 318 g/mol. The molecule has 3 nitrogen and oxygen atoms in total. The third kappa shape index (κ3) is 4.13. The van der Waals surface area contributed by atoms with Gasteiger partial charge in [-0.25, -0.2) is 8.57 Å². The van der Waals surface area contributed by atoms with E-state index in [-0.39, 0.29) is 0 Å². The van der Waals surface area contributed by atoms with Crippen LogP contribution in [0.1, 0.15) is 25.5 Å². The van der Waals surface area contributed by atoms with E-state index in [4.69, 9.17) is 0 Å². The van der Waals surface area contributed by atoms with Crippen molar-refractivity contribution in [3.05, 3.63) is 78.4 Å². The second-order valence-corrected chi connectivity index (χ2v) is 8.53. The summed E-state index contributed by atoms with van der Waals surface area (Å²) >= 11 is 0. The van der Waals surface area contributed by atoms with Gasteiger partial charge in [0.2, 0.25) is 0 Å². The van der Waals surface area contributed by atoms with Gasteiger partial charge in [-0.15, -0.1) is 0 Å². The fourth-order valence-corrected chi connectivity index (χ4v) is 4.68. The van der Waals surface area contributed by atoms with Crippen molar-refractivity contribution in [2.24, 2.45) is 10.3 Å². The molecule has 2 aromatic carbocycles. The van der Waals surface area contributed by atoms with Gasteiger partial charge in [-0.2, -0.15) is 0 Å². The summed E-state index contributed by atoms with van der Waals surface area (Å²) in [7, 11) is -1.24. The van der Waals surface area contributed by atoms with Gasteiger partial charge in [-0.3, -0.25) is 0 Å². The zero-order valence-corrected chi connectivity index (χ0v) is 15.2. The Labute approximate surface area is 145 Å². The molecule has 0 saturated heterocycles. The highest BCUT2D eigenvalue weighted by Crippen LogP contribution is 2.30. The second kappa shape index (κ2) is 8.27. The zero-order valence-electron chi connectivity index (χ0n) is 14.4. The Kier molecular flexibility index (Phi) is 6.35. The van der Waals surface area contributed by atoms with Gasteiger partial charge in [0.1, 0.15) is 0 Å². The van der Waals surface area contributed by atoms with Gasteiger partial charge in [-0.1, -0.05) is 74.5 Å². The van der Waals surface area contributed by atoms with Crippen molar-refractivity contribution < 1.29 is 9.32 Å². The molecule has 2 rings (SSSR count). The highest BCUT2D eigenvalue weighted by Gasteiger charge is 2.30. The van der Waals surface area contributed by atoms with E-state index in [0.29, 0.717) is 10.8 Å². The first kappa shape index (κ1) is 18.4. The molecule has 0 fully saturated rings. The molecule has 3 atom stereocenters. The number of nitrogens with zero attached hydrogens (tertiary/aromatic N) is 1.